The zero-order chi connectivity index (χ0) is 38.1. The fraction of sp³-hybridized carbons (Fsp3) is 0.667. The topological polar surface area (TPSA) is 63.4 Å². The van der Waals surface area contributed by atoms with E-state index in [9.17, 15) is 15.2 Å². The van der Waals surface area contributed by atoms with Gasteiger partial charge < -0.3 is 5.11 Å². The maximum Gasteiger partial charge on any atom is 0.310 e. The summed E-state index contributed by atoms with van der Waals surface area (Å²) in [4.78, 5) is 11.4. The van der Waals surface area contributed by atoms with Crippen molar-refractivity contribution < 1.29 is 10.0 Å². The lowest BCUT2D eigenvalue weighted by atomic mass is 9.84. The van der Waals surface area contributed by atoms with Gasteiger partial charge in [0.05, 0.1) is 4.92 Å². The first-order chi connectivity index (χ1) is 23.5. The van der Waals surface area contributed by atoms with E-state index in [1.54, 1.807) is 6.07 Å². The molecule has 4 nitrogen and oxygen atoms in total. The van der Waals surface area contributed by atoms with Gasteiger partial charge in [-0.15, -0.1) is 11.3 Å². The van der Waals surface area contributed by atoms with Gasteiger partial charge in [0, 0.05) is 10.9 Å². The second-order valence-electron chi connectivity index (χ2n) is 16.3. The van der Waals surface area contributed by atoms with Crippen molar-refractivity contribution in [3.63, 3.8) is 0 Å². The Morgan fingerprint density at radius 3 is 1.62 bits per heavy atom. The molecule has 4 rings (SSSR count). The highest BCUT2D eigenvalue weighted by Crippen LogP contribution is 2.29. The van der Waals surface area contributed by atoms with Crippen LogP contribution < -0.4 is 0 Å². The van der Waals surface area contributed by atoms with Crippen molar-refractivity contribution in [1.29, 1.82) is 0 Å². The molecule has 0 unspecified atom stereocenters. The van der Waals surface area contributed by atoms with Gasteiger partial charge >= 0.3 is 5.69 Å². The minimum Gasteiger partial charge on any atom is -0.502 e. The minimum atomic E-state index is -0.570. The number of nitro groups is 1. The van der Waals surface area contributed by atoms with E-state index in [0.29, 0.717) is 5.92 Å². The second-order valence-corrected chi connectivity index (χ2v) is 17.3. The lowest BCUT2D eigenvalue weighted by molar-refractivity contribution is -0.385. The second kappa shape index (κ2) is 33.9. The molecule has 0 atom stereocenters. The van der Waals surface area contributed by atoms with Crippen molar-refractivity contribution in [2.75, 3.05) is 0 Å². The van der Waals surface area contributed by atoms with Gasteiger partial charge in [0.15, 0.2) is 5.75 Å². The molecule has 1 aromatic heterocycles. The molecule has 1 heterocycles. The molecule has 1 aliphatic carbocycles. The summed E-state index contributed by atoms with van der Waals surface area (Å²) in [5.74, 6) is 4.62. The zero-order valence-corrected chi connectivity index (χ0v) is 35.0. The Hall–Kier alpha value is -2.66. The highest BCUT2D eigenvalue weighted by molar-refractivity contribution is 7.09. The SMILES string of the molecule is C.C.C.CC(C)CC1CCCCC1.CC(C)Cc1ccc(O)c([N+](=O)[O-])c1.CC(C)Cc1cccs1.CCCC(C)C.Cc1ccc(CC(C)C)cc1. The van der Waals surface area contributed by atoms with Gasteiger partial charge in [0.1, 0.15) is 0 Å². The molecule has 1 saturated carbocycles. The van der Waals surface area contributed by atoms with Crippen LogP contribution in [-0.4, -0.2) is 10.0 Å². The van der Waals surface area contributed by atoms with Crippen molar-refractivity contribution in [2.45, 2.75) is 176 Å². The van der Waals surface area contributed by atoms with E-state index in [0.717, 1.165) is 41.6 Å². The van der Waals surface area contributed by atoms with E-state index in [-0.39, 0.29) is 33.7 Å². The number of thiophene rings is 1. The van der Waals surface area contributed by atoms with Crippen molar-refractivity contribution in [3.8, 4) is 5.75 Å². The quantitative estimate of drug-likeness (QED) is 0.156. The van der Waals surface area contributed by atoms with Crippen LogP contribution in [0.15, 0.2) is 60.0 Å². The van der Waals surface area contributed by atoms with Gasteiger partial charge in [0.25, 0.3) is 0 Å². The molecule has 0 bridgehead atoms. The average molecular weight is 758 g/mol. The largest absolute Gasteiger partial charge is 0.502 e. The lowest BCUT2D eigenvalue weighted by Gasteiger charge is -2.22. The normalized spacial score (nSPS) is 12.0. The highest BCUT2D eigenvalue weighted by atomic mass is 32.1. The summed E-state index contributed by atoms with van der Waals surface area (Å²) < 4.78 is 0. The third-order valence-corrected chi connectivity index (χ3v) is 9.13. The third kappa shape index (κ3) is 32.5. The highest BCUT2D eigenvalue weighted by Gasteiger charge is 2.14. The van der Waals surface area contributed by atoms with Crippen LogP contribution in [0.5, 0.6) is 5.75 Å². The van der Waals surface area contributed by atoms with Crippen molar-refractivity contribution in [2.24, 2.45) is 35.5 Å². The van der Waals surface area contributed by atoms with E-state index < -0.39 is 4.92 Å². The number of hydrogen-bond acceptors (Lipinski definition) is 4. The number of phenols is 1. The molecule has 0 spiro atoms. The maximum absolute atomic E-state index is 10.5. The Balaban J connectivity index is -0.000000285. The van der Waals surface area contributed by atoms with Crippen LogP contribution in [0, 0.1) is 52.5 Å². The molecular weight excluding hydrogens is 671 g/mol. The summed E-state index contributed by atoms with van der Waals surface area (Å²) in [7, 11) is 0. The maximum atomic E-state index is 10.5. The molecule has 0 aliphatic heterocycles. The van der Waals surface area contributed by atoms with E-state index in [2.05, 4.69) is 111 Å². The third-order valence-electron chi connectivity index (χ3n) is 8.23. The first-order valence-corrected chi connectivity index (χ1v) is 20.5. The van der Waals surface area contributed by atoms with Crippen LogP contribution in [-0.2, 0) is 19.3 Å². The molecule has 0 radical (unpaired) electrons. The van der Waals surface area contributed by atoms with Crippen LogP contribution >= 0.6 is 11.3 Å². The standard InChI is InChI=1S/C11H16.C10H13NO3.C10H20.C8H12S.C6H14.3CH4/c1-9(2)8-11-6-4-10(3)5-7-11;1-7(2)5-8-3-4-10(12)9(6-8)11(13)14;1-9(2)8-10-6-4-3-5-7-10;1-7(2)6-8-4-3-5-9-8;1-4-5-6(2)3;;;/h4-7,9H,8H2,1-3H3;3-4,6-7,12H,5H2,1-2H3;9-10H,3-8H2,1-2H3;3-5,7H,6H2,1-2H3;6H,4-5H2,1-3H3;3*1H4. The molecule has 308 valence electrons. The number of phenolic OH excluding ortho intramolecular Hbond substituents is 1. The van der Waals surface area contributed by atoms with E-state index in [4.69, 9.17) is 0 Å². The number of nitrogens with zero attached hydrogens (tertiary/aromatic N) is 1. The summed E-state index contributed by atoms with van der Waals surface area (Å²) in [6.45, 7) is 26.6. The minimum absolute atomic E-state index is 0. The van der Waals surface area contributed by atoms with Gasteiger partial charge in [-0.2, -0.15) is 0 Å². The first kappa shape index (κ1) is 57.1. The van der Waals surface area contributed by atoms with Crippen LogP contribution in [0.4, 0.5) is 5.69 Å². The number of hydrogen-bond donors (Lipinski definition) is 1. The Morgan fingerprint density at radius 2 is 1.23 bits per heavy atom. The Bertz CT molecular complexity index is 1220. The molecule has 3 aromatic rings. The number of nitro benzene ring substituents is 1. The van der Waals surface area contributed by atoms with E-state index >= 15 is 0 Å². The summed E-state index contributed by atoms with van der Waals surface area (Å²) in [6, 6.07) is 17.6. The first-order valence-electron chi connectivity index (χ1n) is 19.6. The van der Waals surface area contributed by atoms with Crippen LogP contribution in [0.1, 0.15) is 171 Å². The van der Waals surface area contributed by atoms with Gasteiger partial charge in [-0.25, -0.2) is 0 Å². The van der Waals surface area contributed by atoms with Gasteiger partial charge in [-0.05, 0) is 96.8 Å². The average Bonchev–Trinajstić information content (AvgIpc) is 3.53. The van der Waals surface area contributed by atoms with E-state index in [1.165, 1.54) is 92.3 Å². The van der Waals surface area contributed by atoms with Crippen molar-refractivity contribution in [1.82, 2.24) is 0 Å². The number of benzene rings is 2. The molecule has 1 N–H and O–H groups in total. The van der Waals surface area contributed by atoms with Gasteiger partial charge in [-0.1, -0.05) is 185 Å². The Morgan fingerprint density at radius 1 is 0.717 bits per heavy atom. The van der Waals surface area contributed by atoms with Crippen molar-refractivity contribution in [3.05, 3.63) is 91.7 Å². The summed E-state index contributed by atoms with van der Waals surface area (Å²) in [5.41, 5.74) is 3.45. The molecule has 2 aromatic carbocycles. The van der Waals surface area contributed by atoms with E-state index in [1.807, 2.05) is 25.2 Å². The predicted octanol–water partition coefficient (Wildman–Crippen LogP) is 16.6. The molecule has 1 aliphatic rings. The fourth-order valence-corrected chi connectivity index (χ4v) is 6.93. The van der Waals surface area contributed by atoms with Crippen LogP contribution in [0.3, 0.4) is 0 Å². The molecule has 53 heavy (non-hydrogen) atoms. The Kier molecular flexibility index (Phi) is 36.5. The number of aromatic hydroxyl groups is 1. The molecule has 0 saturated heterocycles. The number of aryl methyl sites for hydroxylation is 1. The fourth-order valence-electron chi connectivity index (χ4n) is 6.01. The molecule has 1 fully saturated rings. The van der Waals surface area contributed by atoms with Crippen molar-refractivity contribution >= 4 is 17.0 Å². The smallest absolute Gasteiger partial charge is 0.310 e. The zero-order valence-electron chi connectivity index (χ0n) is 34.1. The molecule has 5 heteroatoms. The number of rotatable bonds is 11. The molecule has 0 amide bonds. The predicted molar refractivity (Wildman–Crippen MR) is 242 cm³/mol. The summed E-state index contributed by atoms with van der Waals surface area (Å²) in [5, 5.41) is 21.8. The van der Waals surface area contributed by atoms with Gasteiger partial charge in [-0.3, -0.25) is 10.1 Å². The van der Waals surface area contributed by atoms with Crippen LogP contribution in [0.25, 0.3) is 0 Å². The van der Waals surface area contributed by atoms with Crippen LogP contribution in [0.2, 0.25) is 0 Å². The lowest BCUT2D eigenvalue weighted by Crippen LogP contribution is -2.08. The monoisotopic (exact) mass is 758 g/mol. The molecular formula is C48H87NO3S. The van der Waals surface area contributed by atoms with Gasteiger partial charge in [0.2, 0.25) is 0 Å². The summed E-state index contributed by atoms with van der Waals surface area (Å²) >= 11 is 1.85. The Labute approximate surface area is 334 Å². The summed E-state index contributed by atoms with van der Waals surface area (Å²) in [6.07, 6.45) is 14.9.